The first kappa shape index (κ1) is 17.8. The van der Waals surface area contributed by atoms with Crippen LogP contribution in [-0.2, 0) is 0 Å². The van der Waals surface area contributed by atoms with Crippen molar-refractivity contribution in [3.8, 4) is 11.5 Å². The Balaban J connectivity index is 0.00000324. The minimum absolute atomic E-state index is 0. The molecule has 0 aliphatic carbocycles. The smallest absolute Gasteiger partial charge is 0.403 e. The van der Waals surface area contributed by atoms with Crippen molar-refractivity contribution in [1.82, 2.24) is 0 Å². The maximum Gasteiger partial charge on any atom is 0.403 e. The fourth-order valence-corrected chi connectivity index (χ4v) is 1.42. The number of alkyl halides is 3. The van der Waals surface area contributed by atoms with Gasteiger partial charge in [-0.15, -0.1) is 12.4 Å². The normalized spacial score (nSPS) is 14.4. The summed E-state index contributed by atoms with van der Waals surface area (Å²) >= 11 is 0. The SMILES string of the molecule is COc1ccc([C@H](O)C[C@@H](N)C(F)(F)F)cc1O.Cl. The summed E-state index contributed by atoms with van der Waals surface area (Å²) in [6, 6.07) is 1.75. The van der Waals surface area contributed by atoms with Gasteiger partial charge in [-0.1, -0.05) is 6.07 Å². The zero-order valence-corrected chi connectivity index (χ0v) is 10.8. The topological polar surface area (TPSA) is 75.7 Å². The average Bonchev–Trinajstić information content (AvgIpc) is 2.27. The van der Waals surface area contributed by atoms with Crippen LogP contribution in [0.4, 0.5) is 13.2 Å². The molecule has 1 aromatic carbocycles. The van der Waals surface area contributed by atoms with Crippen LogP contribution in [-0.4, -0.2) is 29.5 Å². The van der Waals surface area contributed by atoms with Gasteiger partial charge in [0.2, 0.25) is 0 Å². The van der Waals surface area contributed by atoms with Crippen molar-refractivity contribution in [3.05, 3.63) is 23.8 Å². The molecule has 0 spiro atoms. The van der Waals surface area contributed by atoms with Crippen molar-refractivity contribution >= 4 is 12.4 Å². The number of phenols is 1. The van der Waals surface area contributed by atoms with Crippen LogP contribution in [0.5, 0.6) is 11.5 Å². The lowest BCUT2D eigenvalue weighted by Gasteiger charge is -2.19. The van der Waals surface area contributed by atoms with E-state index < -0.39 is 24.7 Å². The van der Waals surface area contributed by atoms with Gasteiger partial charge in [-0.2, -0.15) is 13.2 Å². The summed E-state index contributed by atoms with van der Waals surface area (Å²) in [4.78, 5) is 0. The molecule has 19 heavy (non-hydrogen) atoms. The molecular formula is C11H15ClF3NO3. The number of aliphatic hydroxyl groups excluding tert-OH is 1. The Bertz CT molecular complexity index is 415. The van der Waals surface area contributed by atoms with Gasteiger partial charge in [-0.25, -0.2) is 0 Å². The highest BCUT2D eigenvalue weighted by Crippen LogP contribution is 2.32. The van der Waals surface area contributed by atoms with E-state index in [2.05, 4.69) is 0 Å². The zero-order chi connectivity index (χ0) is 13.9. The molecule has 0 saturated carbocycles. The molecule has 0 fully saturated rings. The molecule has 0 unspecified atom stereocenters. The number of halogens is 4. The van der Waals surface area contributed by atoms with Crippen molar-refractivity contribution in [2.24, 2.45) is 5.73 Å². The Labute approximate surface area is 114 Å². The van der Waals surface area contributed by atoms with Gasteiger partial charge in [-0.3, -0.25) is 0 Å². The van der Waals surface area contributed by atoms with E-state index in [-0.39, 0.29) is 29.5 Å². The number of hydrogen-bond donors (Lipinski definition) is 3. The molecule has 8 heteroatoms. The number of aromatic hydroxyl groups is 1. The molecule has 2 atom stereocenters. The van der Waals surface area contributed by atoms with Gasteiger partial charge in [0, 0.05) is 6.42 Å². The second-order valence-corrected chi connectivity index (χ2v) is 3.83. The Morgan fingerprint density at radius 3 is 2.37 bits per heavy atom. The molecule has 0 aliphatic heterocycles. The number of ether oxygens (including phenoxy) is 1. The van der Waals surface area contributed by atoms with E-state index >= 15 is 0 Å². The van der Waals surface area contributed by atoms with Crippen LogP contribution in [0.15, 0.2) is 18.2 Å². The second-order valence-electron chi connectivity index (χ2n) is 3.83. The third kappa shape index (κ3) is 4.77. The van der Waals surface area contributed by atoms with E-state index in [4.69, 9.17) is 10.5 Å². The third-order valence-corrected chi connectivity index (χ3v) is 2.49. The maximum absolute atomic E-state index is 12.2. The molecule has 4 nitrogen and oxygen atoms in total. The molecule has 0 heterocycles. The fourth-order valence-electron chi connectivity index (χ4n) is 1.42. The summed E-state index contributed by atoms with van der Waals surface area (Å²) < 4.78 is 41.4. The Morgan fingerprint density at radius 2 is 1.95 bits per heavy atom. The molecule has 0 aliphatic rings. The van der Waals surface area contributed by atoms with E-state index in [0.717, 1.165) is 6.07 Å². The fraction of sp³-hybridized carbons (Fsp3) is 0.455. The standard InChI is InChI=1S/C11H14F3NO3.ClH/c1-18-9-3-2-6(4-8(9)17)7(16)5-10(15)11(12,13)14;/h2-4,7,10,16-17H,5,15H2,1H3;1H/t7-,10-;/m1./s1. The van der Waals surface area contributed by atoms with Crippen LogP contribution < -0.4 is 10.5 Å². The molecule has 110 valence electrons. The Hall–Kier alpha value is -1.18. The van der Waals surface area contributed by atoms with Gasteiger partial charge in [0.25, 0.3) is 0 Å². The van der Waals surface area contributed by atoms with Crippen molar-refractivity contribution < 1.29 is 28.1 Å². The molecule has 0 saturated heterocycles. The summed E-state index contributed by atoms with van der Waals surface area (Å²) in [5, 5.41) is 19.1. The monoisotopic (exact) mass is 301 g/mol. The average molecular weight is 302 g/mol. The number of nitrogens with two attached hydrogens (primary N) is 1. The van der Waals surface area contributed by atoms with Crippen molar-refractivity contribution in [1.29, 1.82) is 0 Å². The molecule has 0 aromatic heterocycles. The van der Waals surface area contributed by atoms with Crippen LogP contribution in [0.1, 0.15) is 18.1 Å². The van der Waals surface area contributed by atoms with Crippen LogP contribution in [0.3, 0.4) is 0 Å². The van der Waals surface area contributed by atoms with Gasteiger partial charge in [0.1, 0.15) is 6.04 Å². The summed E-state index contributed by atoms with van der Waals surface area (Å²) in [7, 11) is 1.34. The molecule has 0 radical (unpaired) electrons. The van der Waals surface area contributed by atoms with E-state index in [1.165, 1.54) is 19.2 Å². The summed E-state index contributed by atoms with van der Waals surface area (Å²) in [5.74, 6) is -0.0827. The van der Waals surface area contributed by atoms with Crippen LogP contribution in [0, 0.1) is 0 Å². The summed E-state index contributed by atoms with van der Waals surface area (Å²) in [6.45, 7) is 0. The minimum Gasteiger partial charge on any atom is -0.504 e. The quantitative estimate of drug-likeness (QED) is 0.796. The number of hydrogen-bond acceptors (Lipinski definition) is 4. The van der Waals surface area contributed by atoms with Crippen LogP contribution in [0.25, 0.3) is 0 Å². The lowest BCUT2D eigenvalue weighted by atomic mass is 10.0. The number of phenolic OH excluding ortho intramolecular Hbond substituents is 1. The summed E-state index contributed by atoms with van der Waals surface area (Å²) in [6.07, 6.45) is -6.64. The summed E-state index contributed by atoms with van der Waals surface area (Å²) in [5.41, 5.74) is 5.06. The molecule has 0 bridgehead atoms. The first-order chi connectivity index (χ1) is 8.25. The zero-order valence-electron chi connectivity index (χ0n) is 10.0. The predicted octanol–water partition coefficient (Wildman–Crippen LogP) is 2.14. The van der Waals surface area contributed by atoms with Gasteiger partial charge >= 0.3 is 6.18 Å². The number of benzene rings is 1. The molecule has 4 N–H and O–H groups in total. The number of aliphatic hydroxyl groups is 1. The number of rotatable bonds is 4. The van der Waals surface area contributed by atoms with Crippen LogP contribution in [0.2, 0.25) is 0 Å². The Morgan fingerprint density at radius 1 is 1.37 bits per heavy atom. The van der Waals surface area contributed by atoms with Gasteiger partial charge in [0.15, 0.2) is 11.5 Å². The van der Waals surface area contributed by atoms with E-state index in [1.807, 2.05) is 0 Å². The van der Waals surface area contributed by atoms with Gasteiger partial charge in [-0.05, 0) is 17.7 Å². The lowest BCUT2D eigenvalue weighted by Crippen LogP contribution is -2.38. The van der Waals surface area contributed by atoms with Crippen molar-refractivity contribution in [2.45, 2.75) is 24.7 Å². The molecule has 0 amide bonds. The minimum atomic E-state index is -4.56. The number of methoxy groups -OCH3 is 1. The first-order valence-corrected chi connectivity index (χ1v) is 5.13. The molecule has 1 aromatic rings. The Kier molecular flexibility index (Phi) is 6.41. The maximum atomic E-state index is 12.2. The van der Waals surface area contributed by atoms with Gasteiger partial charge in [0.05, 0.1) is 13.2 Å². The highest BCUT2D eigenvalue weighted by Gasteiger charge is 2.38. The van der Waals surface area contributed by atoms with Crippen molar-refractivity contribution in [3.63, 3.8) is 0 Å². The first-order valence-electron chi connectivity index (χ1n) is 5.13. The second kappa shape index (κ2) is 6.83. The van der Waals surface area contributed by atoms with Gasteiger partial charge < -0.3 is 20.7 Å². The van der Waals surface area contributed by atoms with Crippen LogP contribution >= 0.6 is 12.4 Å². The van der Waals surface area contributed by atoms with E-state index in [0.29, 0.717) is 0 Å². The molecule has 1 rings (SSSR count). The highest BCUT2D eigenvalue weighted by atomic mass is 35.5. The predicted molar refractivity (Wildman–Crippen MR) is 65.5 cm³/mol. The third-order valence-electron chi connectivity index (χ3n) is 2.49. The van der Waals surface area contributed by atoms with Crippen molar-refractivity contribution in [2.75, 3.05) is 7.11 Å². The largest absolute Gasteiger partial charge is 0.504 e. The lowest BCUT2D eigenvalue weighted by molar-refractivity contribution is -0.153. The van der Waals surface area contributed by atoms with E-state index in [1.54, 1.807) is 0 Å². The highest BCUT2D eigenvalue weighted by molar-refractivity contribution is 5.85. The molecular weight excluding hydrogens is 287 g/mol. The van der Waals surface area contributed by atoms with E-state index in [9.17, 15) is 23.4 Å².